The molecule has 1 aromatic carbocycles. The molecule has 19 heavy (non-hydrogen) atoms. The maximum atomic E-state index is 12.7. The Kier molecular flexibility index (Phi) is 4.14. The normalized spacial score (nSPS) is 18.8. The van der Waals surface area contributed by atoms with Gasteiger partial charge in [-0.3, -0.25) is 0 Å². The number of alkyl halides is 3. The van der Waals surface area contributed by atoms with Gasteiger partial charge in [0.1, 0.15) is 0 Å². The Hall–Kier alpha value is -1.50. The number of benzene rings is 1. The van der Waals surface area contributed by atoms with E-state index in [1.165, 1.54) is 6.07 Å². The molecule has 0 aromatic heterocycles. The maximum absolute atomic E-state index is 12.7. The molecule has 1 fully saturated rings. The lowest BCUT2D eigenvalue weighted by Gasteiger charge is -2.26. The Balaban J connectivity index is 2.26. The molecule has 1 aliphatic carbocycles. The lowest BCUT2D eigenvalue weighted by molar-refractivity contribution is -0.137. The molecule has 0 aliphatic heterocycles. The maximum Gasteiger partial charge on any atom is 0.416 e. The summed E-state index contributed by atoms with van der Waals surface area (Å²) in [5.74, 6) is -0.218. The molecule has 1 saturated carbocycles. The zero-order valence-electron chi connectivity index (χ0n) is 10.6. The van der Waals surface area contributed by atoms with E-state index in [-0.39, 0.29) is 5.92 Å². The van der Waals surface area contributed by atoms with Crippen molar-refractivity contribution in [1.29, 1.82) is 5.26 Å². The minimum absolute atomic E-state index is 0.197. The van der Waals surface area contributed by atoms with Gasteiger partial charge in [0, 0.05) is 0 Å². The standard InChI is InChI=1S/C15H16F3N/c16-15(17,18)13-8-4-7-12(9-13)14(10-19)11-5-2-1-3-6-11/h4,7-9,11,14H,1-3,5-6H2. The van der Waals surface area contributed by atoms with E-state index in [1.54, 1.807) is 6.07 Å². The highest BCUT2D eigenvalue weighted by atomic mass is 19.4. The monoisotopic (exact) mass is 267 g/mol. The molecule has 4 heteroatoms. The first-order valence-electron chi connectivity index (χ1n) is 6.59. The van der Waals surface area contributed by atoms with Crippen LogP contribution in [0.15, 0.2) is 24.3 Å². The van der Waals surface area contributed by atoms with E-state index in [9.17, 15) is 18.4 Å². The van der Waals surface area contributed by atoms with Crippen LogP contribution in [0.4, 0.5) is 13.2 Å². The number of nitriles is 1. The number of halogens is 3. The lowest BCUT2D eigenvalue weighted by Crippen LogP contribution is -2.16. The molecule has 0 heterocycles. The summed E-state index contributed by atoms with van der Waals surface area (Å²) < 4.78 is 38.1. The number of hydrogen-bond donors (Lipinski definition) is 0. The summed E-state index contributed by atoms with van der Waals surface area (Å²) in [6, 6.07) is 7.41. The van der Waals surface area contributed by atoms with Gasteiger partial charge in [-0.25, -0.2) is 0 Å². The first-order valence-corrected chi connectivity index (χ1v) is 6.59. The van der Waals surface area contributed by atoms with E-state index in [0.29, 0.717) is 5.56 Å². The zero-order valence-corrected chi connectivity index (χ0v) is 10.6. The van der Waals surface area contributed by atoms with Crippen molar-refractivity contribution in [3.8, 4) is 6.07 Å². The first kappa shape index (κ1) is 13.9. The van der Waals surface area contributed by atoms with Gasteiger partial charge in [0.15, 0.2) is 0 Å². The smallest absolute Gasteiger partial charge is 0.198 e. The van der Waals surface area contributed by atoms with Crippen LogP contribution in [0.2, 0.25) is 0 Å². The lowest BCUT2D eigenvalue weighted by atomic mass is 9.77. The molecule has 1 nitrogen and oxygen atoms in total. The fraction of sp³-hybridized carbons (Fsp3) is 0.533. The largest absolute Gasteiger partial charge is 0.416 e. The van der Waals surface area contributed by atoms with Gasteiger partial charge in [-0.05, 0) is 30.4 Å². The van der Waals surface area contributed by atoms with E-state index in [4.69, 9.17) is 0 Å². The van der Waals surface area contributed by atoms with Crippen molar-refractivity contribution < 1.29 is 13.2 Å². The molecule has 1 aromatic rings. The van der Waals surface area contributed by atoms with Gasteiger partial charge in [-0.1, -0.05) is 37.5 Å². The van der Waals surface area contributed by atoms with Crippen LogP contribution in [0, 0.1) is 17.2 Å². The molecule has 2 rings (SSSR count). The van der Waals surface area contributed by atoms with Crippen LogP contribution >= 0.6 is 0 Å². The van der Waals surface area contributed by atoms with E-state index >= 15 is 0 Å². The van der Waals surface area contributed by atoms with E-state index in [2.05, 4.69) is 6.07 Å². The van der Waals surface area contributed by atoms with Gasteiger partial charge in [0.2, 0.25) is 0 Å². The van der Waals surface area contributed by atoms with Crippen LogP contribution in [0.25, 0.3) is 0 Å². The van der Waals surface area contributed by atoms with Gasteiger partial charge >= 0.3 is 6.18 Å². The third kappa shape index (κ3) is 3.28. The SMILES string of the molecule is N#CC(c1cccc(C(F)(F)F)c1)C1CCCCC1. The molecule has 1 atom stereocenters. The van der Waals surface area contributed by atoms with Crippen molar-refractivity contribution in [1.82, 2.24) is 0 Å². The summed E-state index contributed by atoms with van der Waals surface area (Å²) in [5, 5.41) is 9.29. The second kappa shape index (κ2) is 5.64. The van der Waals surface area contributed by atoms with Gasteiger partial charge in [0.25, 0.3) is 0 Å². The average Bonchev–Trinajstić information content (AvgIpc) is 2.40. The van der Waals surface area contributed by atoms with Crippen LogP contribution < -0.4 is 0 Å². The topological polar surface area (TPSA) is 23.8 Å². The van der Waals surface area contributed by atoms with Gasteiger partial charge < -0.3 is 0 Å². The predicted molar refractivity (Wildman–Crippen MR) is 66.4 cm³/mol. The minimum Gasteiger partial charge on any atom is -0.198 e. The molecule has 1 aliphatic rings. The van der Waals surface area contributed by atoms with Crippen LogP contribution in [0.5, 0.6) is 0 Å². The van der Waals surface area contributed by atoms with Crippen molar-refractivity contribution in [3.63, 3.8) is 0 Å². The van der Waals surface area contributed by atoms with Crippen molar-refractivity contribution >= 4 is 0 Å². The second-order valence-electron chi connectivity index (χ2n) is 5.13. The summed E-state index contributed by atoms with van der Waals surface area (Å²) in [5.41, 5.74) is -0.162. The van der Waals surface area contributed by atoms with Crippen molar-refractivity contribution in [2.24, 2.45) is 5.92 Å². The molecular weight excluding hydrogens is 251 g/mol. The number of nitrogens with zero attached hydrogens (tertiary/aromatic N) is 1. The van der Waals surface area contributed by atoms with Crippen LogP contribution in [-0.2, 0) is 6.18 Å². The third-order valence-corrected chi connectivity index (χ3v) is 3.83. The van der Waals surface area contributed by atoms with Crippen LogP contribution in [-0.4, -0.2) is 0 Å². The van der Waals surface area contributed by atoms with Gasteiger partial charge in [0.05, 0.1) is 17.6 Å². The summed E-state index contributed by atoms with van der Waals surface area (Å²) >= 11 is 0. The molecular formula is C15H16F3N. The molecule has 0 radical (unpaired) electrons. The molecule has 102 valence electrons. The Morgan fingerprint density at radius 3 is 2.42 bits per heavy atom. The molecule has 1 unspecified atom stereocenters. The van der Waals surface area contributed by atoms with E-state index in [0.717, 1.165) is 44.2 Å². The quantitative estimate of drug-likeness (QED) is 0.748. The van der Waals surface area contributed by atoms with E-state index < -0.39 is 17.7 Å². The number of hydrogen-bond acceptors (Lipinski definition) is 1. The third-order valence-electron chi connectivity index (χ3n) is 3.83. The summed E-state index contributed by atoms with van der Waals surface area (Å²) in [4.78, 5) is 0. The zero-order chi connectivity index (χ0) is 13.9. The highest BCUT2D eigenvalue weighted by molar-refractivity contribution is 5.32. The summed E-state index contributed by atoms with van der Waals surface area (Å²) in [7, 11) is 0. The van der Waals surface area contributed by atoms with Gasteiger partial charge in [-0.2, -0.15) is 18.4 Å². The highest BCUT2D eigenvalue weighted by Crippen LogP contribution is 2.37. The fourth-order valence-electron chi connectivity index (χ4n) is 2.83. The van der Waals surface area contributed by atoms with Crippen LogP contribution in [0.3, 0.4) is 0 Å². The van der Waals surface area contributed by atoms with E-state index in [1.807, 2.05) is 0 Å². The number of rotatable bonds is 2. The van der Waals surface area contributed by atoms with Crippen molar-refractivity contribution in [2.45, 2.75) is 44.2 Å². The first-order chi connectivity index (χ1) is 9.02. The molecule has 0 amide bonds. The highest BCUT2D eigenvalue weighted by Gasteiger charge is 2.32. The Morgan fingerprint density at radius 2 is 1.84 bits per heavy atom. The Bertz CT molecular complexity index is 467. The fourth-order valence-corrected chi connectivity index (χ4v) is 2.83. The van der Waals surface area contributed by atoms with Crippen LogP contribution in [0.1, 0.15) is 49.1 Å². The average molecular weight is 267 g/mol. The van der Waals surface area contributed by atoms with Crippen molar-refractivity contribution in [3.05, 3.63) is 35.4 Å². The summed E-state index contributed by atoms with van der Waals surface area (Å²) in [6.45, 7) is 0. The van der Waals surface area contributed by atoms with Crippen molar-refractivity contribution in [2.75, 3.05) is 0 Å². The predicted octanol–water partition coefficient (Wildman–Crippen LogP) is 4.89. The minimum atomic E-state index is -4.34. The van der Waals surface area contributed by atoms with Gasteiger partial charge in [-0.15, -0.1) is 0 Å². The molecule has 0 N–H and O–H groups in total. The molecule has 0 bridgehead atoms. The summed E-state index contributed by atoms with van der Waals surface area (Å²) in [6.07, 6.45) is 0.840. The molecule has 0 spiro atoms. The second-order valence-corrected chi connectivity index (χ2v) is 5.13. The molecule has 0 saturated heterocycles. The Labute approximate surface area is 111 Å². The Morgan fingerprint density at radius 1 is 1.16 bits per heavy atom.